The number of aryl methyl sites for hydroxylation is 1. The van der Waals surface area contributed by atoms with E-state index in [1.807, 2.05) is 6.92 Å². The molecule has 1 aromatic rings. The minimum absolute atomic E-state index is 0.0157. The zero-order valence-corrected chi connectivity index (χ0v) is 14.7. The monoisotopic (exact) mass is 365 g/mol. The highest BCUT2D eigenvalue weighted by Crippen LogP contribution is 2.59. The van der Waals surface area contributed by atoms with Gasteiger partial charge in [0.2, 0.25) is 0 Å². The van der Waals surface area contributed by atoms with Gasteiger partial charge in [-0.3, -0.25) is 9.48 Å². The molecule has 5 rings (SSSR count). The van der Waals surface area contributed by atoms with Crippen LogP contribution in [0.1, 0.15) is 55.9 Å². The fraction of sp³-hybridized carbons (Fsp3) is 0.765. The van der Waals surface area contributed by atoms with E-state index < -0.39 is 0 Å². The van der Waals surface area contributed by atoms with E-state index in [0.29, 0.717) is 17.7 Å². The molecule has 0 aliphatic heterocycles. The van der Waals surface area contributed by atoms with Crippen molar-refractivity contribution in [2.24, 2.45) is 23.2 Å². The van der Waals surface area contributed by atoms with E-state index in [1.54, 1.807) is 10.9 Å². The molecule has 0 saturated heterocycles. The number of carbonyl (C=O) groups is 1. The van der Waals surface area contributed by atoms with Gasteiger partial charge in [-0.05, 0) is 84.5 Å². The molecule has 0 unspecified atom stereocenters. The maximum Gasteiger partial charge on any atom is 0.270 e. The Labute approximate surface area is 140 Å². The third kappa shape index (κ3) is 2.41. The highest BCUT2D eigenvalue weighted by atomic mass is 79.9. The van der Waals surface area contributed by atoms with Crippen molar-refractivity contribution in [1.82, 2.24) is 15.1 Å². The summed E-state index contributed by atoms with van der Waals surface area (Å²) in [5.74, 6) is 2.80. The van der Waals surface area contributed by atoms with Crippen molar-refractivity contribution < 1.29 is 4.79 Å². The normalized spacial score (nSPS) is 35.8. The topological polar surface area (TPSA) is 46.9 Å². The molecule has 4 aliphatic rings. The van der Waals surface area contributed by atoms with Gasteiger partial charge in [0, 0.05) is 13.1 Å². The standard InChI is InChI=1S/C17H24BrN3O/c1-2-21-15(14(18)9-20-21)16(22)19-10-17-6-11-3-12(7-17)5-13(4-11)8-17/h9,11-13H,2-8,10H2,1H3,(H,19,22). The molecule has 4 fully saturated rings. The Hall–Kier alpha value is -0.840. The Morgan fingerprint density at radius 3 is 2.45 bits per heavy atom. The van der Waals surface area contributed by atoms with Crippen LogP contribution in [0.2, 0.25) is 0 Å². The summed E-state index contributed by atoms with van der Waals surface area (Å²) in [6, 6.07) is 0. The minimum Gasteiger partial charge on any atom is -0.350 e. The van der Waals surface area contributed by atoms with E-state index in [-0.39, 0.29) is 5.91 Å². The summed E-state index contributed by atoms with van der Waals surface area (Å²) >= 11 is 3.45. The largest absolute Gasteiger partial charge is 0.350 e. The zero-order valence-electron chi connectivity index (χ0n) is 13.1. The number of carbonyl (C=O) groups excluding carboxylic acids is 1. The van der Waals surface area contributed by atoms with E-state index >= 15 is 0 Å². The second-order valence-electron chi connectivity index (χ2n) is 7.76. The molecule has 1 amide bonds. The molecule has 1 aromatic heterocycles. The lowest BCUT2D eigenvalue weighted by Gasteiger charge is -2.56. The summed E-state index contributed by atoms with van der Waals surface area (Å²) in [6.07, 6.45) is 10.0. The first-order valence-electron chi connectivity index (χ1n) is 8.58. The van der Waals surface area contributed by atoms with Gasteiger partial charge < -0.3 is 5.32 Å². The van der Waals surface area contributed by atoms with Crippen LogP contribution in [0.5, 0.6) is 0 Å². The second-order valence-corrected chi connectivity index (χ2v) is 8.61. The molecule has 4 bridgehead atoms. The fourth-order valence-corrected chi connectivity index (χ4v) is 6.16. The van der Waals surface area contributed by atoms with Gasteiger partial charge in [-0.1, -0.05) is 0 Å². The quantitative estimate of drug-likeness (QED) is 0.885. The molecule has 0 spiro atoms. The zero-order chi connectivity index (χ0) is 15.3. The molecule has 0 atom stereocenters. The molecular formula is C17H24BrN3O. The summed E-state index contributed by atoms with van der Waals surface area (Å²) in [5, 5.41) is 7.47. The number of aromatic nitrogens is 2. The molecule has 1 heterocycles. The Bertz CT molecular complexity index is 559. The van der Waals surface area contributed by atoms with Crippen molar-refractivity contribution in [2.45, 2.75) is 52.0 Å². The molecule has 120 valence electrons. The summed E-state index contributed by atoms with van der Waals surface area (Å²) in [4.78, 5) is 12.6. The molecular weight excluding hydrogens is 342 g/mol. The number of hydrogen-bond donors (Lipinski definition) is 1. The lowest BCUT2D eigenvalue weighted by atomic mass is 9.49. The second kappa shape index (κ2) is 5.36. The van der Waals surface area contributed by atoms with E-state index in [1.165, 1.54) is 38.5 Å². The van der Waals surface area contributed by atoms with Gasteiger partial charge >= 0.3 is 0 Å². The van der Waals surface area contributed by atoms with Gasteiger partial charge in [-0.15, -0.1) is 0 Å². The van der Waals surface area contributed by atoms with Crippen molar-refractivity contribution >= 4 is 21.8 Å². The molecule has 4 saturated carbocycles. The van der Waals surface area contributed by atoms with Crippen LogP contribution in [0.15, 0.2) is 10.7 Å². The highest BCUT2D eigenvalue weighted by molar-refractivity contribution is 9.10. The SMILES string of the molecule is CCn1ncc(Br)c1C(=O)NCC12CC3CC(CC(C3)C1)C2. The molecule has 0 aromatic carbocycles. The summed E-state index contributed by atoms with van der Waals surface area (Å²) in [6.45, 7) is 3.57. The number of hydrogen-bond acceptors (Lipinski definition) is 2. The van der Waals surface area contributed by atoms with Crippen LogP contribution < -0.4 is 5.32 Å². The van der Waals surface area contributed by atoms with E-state index in [9.17, 15) is 4.79 Å². The van der Waals surface area contributed by atoms with Gasteiger partial charge in [-0.25, -0.2) is 0 Å². The Balaban J connectivity index is 1.46. The molecule has 4 nitrogen and oxygen atoms in total. The fourth-order valence-electron chi connectivity index (χ4n) is 5.69. The van der Waals surface area contributed by atoms with Crippen molar-refractivity contribution in [3.63, 3.8) is 0 Å². The van der Waals surface area contributed by atoms with Crippen LogP contribution in [0, 0.1) is 23.2 Å². The van der Waals surface area contributed by atoms with E-state index in [4.69, 9.17) is 0 Å². The highest BCUT2D eigenvalue weighted by Gasteiger charge is 2.50. The van der Waals surface area contributed by atoms with E-state index in [2.05, 4.69) is 26.3 Å². The number of nitrogens with one attached hydrogen (secondary N) is 1. The van der Waals surface area contributed by atoms with Crippen molar-refractivity contribution in [2.75, 3.05) is 6.54 Å². The molecule has 22 heavy (non-hydrogen) atoms. The number of rotatable bonds is 4. The smallest absolute Gasteiger partial charge is 0.270 e. The Morgan fingerprint density at radius 2 is 1.91 bits per heavy atom. The maximum atomic E-state index is 12.6. The lowest BCUT2D eigenvalue weighted by Crippen LogP contribution is -2.51. The third-order valence-electron chi connectivity index (χ3n) is 6.10. The summed E-state index contributed by atoms with van der Waals surface area (Å²) in [7, 11) is 0. The minimum atomic E-state index is 0.0157. The Morgan fingerprint density at radius 1 is 1.32 bits per heavy atom. The number of amides is 1. The first-order chi connectivity index (χ1) is 10.6. The molecule has 0 radical (unpaired) electrons. The number of nitrogens with zero attached hydrogens (tertiary/aromatic N) is 2. The van der Waals surface area contributed by atoms with Crippen molar-refractivity contribution in [3.05, 3.63) is 16.4 Å². The molecule has 1 N–H and O–H groups in total. The molecule has 4 aliphatic carbocycles. The van der Waals surface area contributed by atoms with Crippen LogP contribution in [0.3, 0.4) is 0 Å². The van der Waals surface area contributed by atoms with Crippen LogP contribution in [-0.2, 0) is 6.54 Å². The lowest BCUT2D eigenvalue weighted by molar-refractivity contribution is -0.0503. The molecule has 5 heteroatoms. The van der Waals surface area contributed by atoms with Crippen LogP contribution in [-0.4, -0.2) is 22.2 Å². The van der Waals surface area contributed by atoms with Gasteiger partial charge in [0.25, 0.3) is 5.91 Å². The van der Waals surface area contributed by atoms with Crippen LogP contribution in [0.25, 0.3) is 0 Å². The van der Waals surface area contributed by atoms with Crippen LogP contribution in [0.4, 0.5) is 0 Å². The summed E-state index contributed by atoms with van der Waals surface area (Å²) in [5.41, 5.74) is 1.04. The van der Waals surface area contributed by atoms with E-state index in [0.717, 1.165) is 28.8 Å². The van der Waals surface area contributed by atoms with Crippen molar-refractivity contribution in [1.29, 1.82) is 0 Å². The maximum absolute atomic E-state index is 12.6. The third-order valence-corrected chi connectivity index (χ3v) is 6.68. The van der Waals surface area contributed by atoms with Gasteiger partial charge in [0.15, 0.2) is 0 Å². The first-order valence-corrected chi connectivity index (χ1v) is 9.37. The predicted octanol–water partition coefficient (Wildman–Crippen LogP) is 3.61. The number of halogens is 1. The van der Waals surface area contributed by atoms with Gasteiger partial charge in [0.05, 0.1) is 10.7 Å². The van der Waals surface area contributed by atoms with Crippen molar-refractivity contribution in [3.8, 4) is 0 Å². The average Bonchev–Trinajstić information content (AvgIpc) is 2.84. The van der Waals surface area contributed by atoms with Gasteiger partial charge in [-0.2, -0.15) is 5.10 Å². The summed E-state index contributed by atoms with van der Waals surface area (Å²) < 4.78 is 2.55. The first kappa shape index (κ1) is 14.7. The van der Waals surface area contributed by atoms with Crippen LogP contribution >= 0.6 is 15.9 Å². The average molecular weight is 366 g/mol. The van der Waals surface area contributed by atoms with Gasteiger partial charge in [0.1, 0.15) is 5.69 Å². The Kier molecular flexibility index (Phi) is 3.59. The predicted molar refractivity (Wildman–Crippen MR) is 88.5 cm³/mol.